The van der Waals surface area contributed by atoms with Crippen LogP contribution in [0.5, 0.6) is 0 Å². The van der Waals surface area contributed by atoms with Crippen LogP contribution in [0.3, 0.4) is 0 Å². The van der Waals surface area contributed by atoms with Gasteiger partial charge in [0.2, 0.25) is 0 Å². The van der Waals surface area contributed by atoms with Crippen LogP contribution in [0.25, 0.3) is 0 Å². The molecule has 22 heavy (non-hydrogen) atoms. The van der Waals surface area contributed by atoms with Crippen molar-refractivity contribution in [3.63, 3.8) is 0 Å². The van der Waals surface area contributed by atoms with Gasteiger partial charge in [-0.3, -0.25) is 9.89 Å². The summed E-state index contributed by atoms with van der Waals surface area (Å²) in [5.41, 5.74) is 1.37. The SMILES string of the molecule is CN=C(NCc1ccsc1)NCC(C)(C)N1CCOCC1.I. The molecule has 1 aromatic heterocycles. The molecule has 1 saturated heterocycles. The molecule has 0 radical (unpaired) electrons. The second kappa shape index (κ2) is 9.69. The minimum absolute atomic E-state index is 0. The smallest absolute Gasteiger partial charge is 0.191 e. The third-order valence-electron chi connectivity index (χ3n) is 3.82. The fourth-order valence-corrected chi connectivity index (χ4v) is 3.05. The largest absolute Gasteiger partial charge is 0.379 e. The molecule has 0 spiro atoms. The van der Waals surface area contributed by atoms with Gasteiger partial charge >= 0.3 is 0 Å². The molecule has 1 fully saturated rings. The first-order valence-corrected chi connectivity index (χ1v) is 8.34. The molecule has 2 heterocycles. The van der Waals surface area contributed by atoms with Gasteiger partial charge in [-0.15, -0.1) is 24.0 Å². The van der Waals surface area contributed by atoms with E-state index >= 15 is 0 Å². The van der Waals surface area contributed by atoms with E-state index in [0.29, 0.717) is 0 Å². The first-order valence-electron chi connectivity index (χ1n) is 7.40. The molecule has 2 rings (SSSR count). The molecule has 7 heteroatoms. The Hall–Kier alpha value is -0.380. The number of nitrogens with one attached hydrogen (secondary N) is 2. The molecule has 0 saturated carbocycles. The Kier molecular flexibility index (Phi) is 8.66. The van der Waals surface area contributed by atoms with E-state index in [0.717, 1.165) is 45.4 Å². The van der Waals surface area contributed by atoms with Crippen LogP contribution in [-0.4, -0.2) is 56.3 Å². The Bertz CT molecular complexity index is 444. The molecule has 1 aromatic rings. The molecular weight excluding hydrogens is 411 g/mol. The van der Waals surface area contributed by atoms with E-state index in [2.05, 4.69) is 51.2 Å². The fourth-order valence-electron chi connectivity index (χ4n) is 2.38. The number of guanidine groups is 1. The highest BCUT2D eigenvalue weighted by atomic mass is 127. The van der Waals surface area contributed by atoms with Gasteiger partial charge in [0, 0.05) is 38.8 Å². The topological polar surface area (TPSA) is 48.9 Å². The average Bonchev–Trinajstić information content (AvgIpc) is 3.02. The number of nitrogens with zero attached hydrogens (tertiary/aromatic N) is 2. The van der Waals surface area contributed by atoms with Crippen molar-refractivity contribution in [1.82, 2.24) is 15.5 Å². The van der Waals surface area contributed by atoms with Crippen molar-refractivity contribution in [3.8, 4) is 0 Å². The highest BCUT2D eigenvalue weighted by Crippen LogP contribution is 2.15. The van der Waals surface area contributed by atoms with Crippen LogP contribution in [-0.2, 0) is 11.3 Å². The second-order valence-electron chi connectivity index (χ2n) is 5.82. The van der Waals surface area contributed by atoms with Gasteiger partial charge < -0.3 is 15.4 Å². The summed E-state index contributed by atoms with van der Waals surface area (Å²) < 4.78 is 5.42. The van der Waals surface area contributed by atoms with Crippen molar-refractivity contribution >= 4 is 41.3 Å². The summed E-state index contributed by atoms with van der Waals surface area (Å²) in [6, 6.07) is 2.13. The van der Waals surface area contributed by atoms with E-state index in [1.54, 1.807) is 11.3 Å². The van der Waals surface area contributed by atoms with Gasteiger partial charge in [0.05, 0.1) is 13.2 Å². The predicted octanol–water partition coefficient (Wildman–Crippen LogP) is 2.14. The fraction of sp³-hybridized carbons (Fsp3) is 0.667. The molecule has 0 atom stereocenters. The minimum Gasteiger partial charge on any atom is -0.379 e. The Morgan fingerprint density at radius 1 is 1.36 bits per heavy atom. The third kappa shape index (κ3) is 6.02. The van der Waals surface area contributed by atoms with Gasteiger partial charge in [0.1, 0.15) is 0 Å². The highest BCUT2D eigenvalue weighted by molar-refractivity contribution is 14.0. The molecule has 0 aliphatic carbocycles. The quantitative estimate of drug-likeness (QED) is 0.420. The lowest BCUT2D eigenvalue weighted by atomic mass is 10.0. The number of aliphatic imine (C=N–C) groups is 1. The van der Waals surface area contributed by atoms with Crippen molar-refractivity contribution in [3.05, 3.63) is 22.4 Å². The molecule has 0 aromatic carbocycles. The number of rotatable bonds is 5. The molecular formula is C15H27IN4OS. The summed E-state index contributed by atoms with van der Waals surface area (Å²) in [7, 11) is 1.81. The molecule has 1 aliphatic heterocycles. The van der Waals surface area contributed by atoms with Crippen molar-refractivity contribution in [2.45, 2.75) is 25.9 Å². The van der Waals surface area contributed by atoms with E-state index in [9.17, 15) is 0 Å². The summed E-state index contributed by atoms with van der Waals surface area (Å²) in [6.45, 7) is 9.83. The third-order valence-corrected chi connectivity index (χ3v) is 4.55. The van der Waals surface area contributed by atoms with Crippen molar-refractivity contribution in [2.75, 3.05) is 39.9 Å². The number of morpholine rings is 1. The van der Waals surface area contributed by atoms with Crippen molar-refractivity contribution in [2.24, 2.45) is 4.99 Å². The van der Waals surface area contributed by atoms with E-state index in [1.807, 2.05) is 7.05 Å². The molecule has 126 valence electrons. The standard InChI is InChI=1S/C15H26N4OS.HI/c1-15(2,19-5-7-20-8-6-19)12-18-14(16-3)17-10-13-4-9-21-11-13;/h4,9,11H,5-8,10,12H2,1-3H3,(H2,16,17,18);1H. The van der Waals surface area contributed by atoms with Gasteiger partial charge in [-0.1, -0.05) is 0 Å². The van der Waals surface area contributed by atoms with Gasteiger partial charge in [-0.2, -0.15) is 11.3 Å². The van der Waals surface area contributed by atoms with Crippen LogP contribution in [0.2, 0.25) is 0 Å². The maximum atomic E-state index is 5.42. The Labute approximate surface area is 154 Å². The first kappa shape index (κ1) is 19.7. The zero-order valence-corrected chi connectivity index (χ0v) is 16.7. The monoisotopic (exact) mass is 438 g/mol. The normalized spacial score (nSPS) is 17.0. The van der Waals surface area contributed by atoms with E-state index in [1.165, 1.54) is 5.56 Å². The minimum atomic E-state index is 0. The van der Waals surface area contributed by atoms with Crippen LogP contribution in [0.1, 0.15) is 19.4 Å². The maximum Gasteiger partial charge on any atom is 0.191 e. The first-order chi connectivity index (χ1) is 10.1. The van der Waals surface area contributed by atoms with Crippen molar-refractivity contribution in [1.29, 1.82) is 0 Å². The lowest BCUT2D eigenvalue weighted by Crippen LogP contribution is -2.56. The van der Waals surface area contributed by atoms with Crippen LogP contribution in [0.4, 0.5) is 0 Å². The Morgan fingerprint density at radius 2 is 2.09 bits per heavy atom. The highest BCUT2D eigenvalue weighted by Gasteiger charge is 2.28. The van der Waals surface area contributed by atoms with Gasteiger partial charge in [-0.05, 0) is 36.2 Å². The Balaban J connectivity index is 0.00000242. The summed E-state index contributed by atoms with van der Waals surface area (Å²) >= 11 is 1.72. The van der Waals surface area contributed by atoms with Crippen LogP contribution in [0.15, 0.2) is 21.8 Å². The van der Waals surface area contributed by atoms with Gasteiger partial charge in [-0.25, -0.2) is 0 Å². The number of thiophene rings is 1. The van der Waals surface area contributed by atoms with E-state index in [4.69, 9.17) is 4.74 Å². The molecule has 0 unspecified atom stereocenters. The second-order valence-corrected chi connectivity index (χ2v) is 6.60. The number of ether oxygens (including phenoxy) is 1. The van der Waals surface area contributed by atoms with E-state index < -0.39 is 0 Å². The number of hydrogen-bond donors (Lipinski definition) is 2. The molecule has 2 N–H and O–H groups in total. The molecule has 0 amide bonds. The zero-order valence-electron chi connectivity index (χ0n) is 13.6. The Morgan fingerprint density at radius 3 is 2.68 bits per heavy atom. The van der Waals surface area contributed by atoms with Crippen LogP contribution >= 0.6 is 35.3 Å². The van der Waals surface area contributed by atoms with Crippen LogP contribution < -0.4 is 10.6 Å². The predicted molar refractivity (Wildman–Crippen MR) is 104 cm³/mol. The summed E-state index contributed by atoms with van der Waals surface area (Å²) in [5.74, 6) is 0.850. The summed E-state index contributed by atoms with van der Waals surface area (Å²) in [4.78, 5) is 6.76. The molecule has 0 bridgehead atoms. The lowest BCUT2D eigenvalue weighted by Gasteiger charge is -2.41. The van der Waals surface area contributed by atoms with Gasteiger partial charge in [0.25, 0.3) is 0 Å². The molecule has 1 aliphatic rings. The lowest BCUT2D eigenvalue weighted by molar-refractivity contribution is -0.00834. The molecule has 5 nitrogen and oxygen atoms in total. The van der Waals surface area contributed by atoms with Crippen molar-refractivity contribution < 1.29 is 4.74 Å². The summed E-state index contributed by atoms with van der Waals surface area (Å²) in [6.07, 6.45) is 0. The number of hydrogen-bond acceptors (Lipinski definition) is 4. The summed E-state index contributed by atoms with van der Waals surface area (Å²) in [5, 5.41) is 11.0. The average molecular weight is 438 g/mol. The zero-order chi connectivity index (χ0) is 15.1. The van der Waals surface area contributed by atoms with E-state index in [-0.39, 0.29) is 29.5 Å². The van der Waals surface area contributed by atoms with Crippen LogP contribution in [0, 0.1) is 0 Å². The van der Waals surface area contributed by atoms with Gasteiger partial charge in [0.15, 0.2) is 5.96 Å². The maximum absolute atomic E-state index is 5.42. The number of halogens is 1.